The van der Waals surface area contributed by atoms with Crippen molar-refractivity contribution in [2.75, 3.05) is 54.0 Å². The van der Waals surface area contributed by atoms with Gasteiger partial charge in [-0.2, -0.15) is 0 Å². The molecule has 0 aromatic heterocycles. The van der Waals surface area contributed by atoms with Crippen molar-refractivity contribution in [2.24, 2.45) is 0 Å². The minimum atomic E-state index is 0.521. The fourth-order valence-electron chi connectivity index (χ4n) is 2.73. The number of hydrogen-bond donors (Lipinski definition) is 1. The Labute approximate surface area is 106 Å². The van der Waals surface area contributed by atoms with Crippen LogP contribution in [0.3, 0.4) is 0 Å². The van der Waals surface area contributed by atoms with Gasteiger partial charge in [0.2, 0.25) is 0 Å². The minimum absolute atomic E-state index is 0.521. The van der Waals surface area contributed by atoms with Gasteiger partial charge in [0.15, 0.2) is 0 Å². The average molecular weight is 243 g/mol. The molecule has 0 radical (unpaired) electrons. The minimum Gasteiger partial charge on any atom is -0.383 e. The third kappa shape index (κ3) is 4.92. The summed E-state index contributed by atoms with van der Waals surface area (Å²) in [6.45, 7) is 7.44. The van der Waals surface area contributed by atoms with Crippen LogP contribution >= 0.6 is 0 Å². The van der Waals surface area contributed by atoms with Gasteiger partial charge in [0.05, 0.1) is 6.61 Å². The Morgan fingerprint density at radius 1 is 1.47 bits per heavy atom. The van der Waals surface area contributed by atoms with Crippen molar-refractivity contribution in [1.82, 2.24) is 15.1 Å². The molecule has 2 unspecified atom stereocenters. The van der Waals surface area contributed by atoms with Crippen LogP contribution in [-0.4, -0.2) is 75.9 Å². The van der Waals surface area contributed by atoms with Gasteiger partial charge in [0, 0.05) is 32.3 Å². The second-order valence-electron chi connectivity index (χ2n) is 5.21. The molecule has 0 bridgehead atoms. The van der Waals surface area contributed by atoms with E-state index in [4.69, 9.17) is 4.74 Å². The molecule has 102 valence electrons. The van der Waals surface area contributed by atoms with Crippen molar-refractivity contribution in [2.45, 2.75) is 31.8 Å². The number of ether oxygens (including phenoxy) is 1. The highest BCUT2D eigenvalue weighted by Gasteiger charge is 2.30. The van der Waals surface area contributed by atoms with Crippen molar-refractivity contribution in [3.8, 4) is 0 Å². The molecule has 17 heavy (non-hydrogen) atoms. The SMILES string of the molecule is CCNCC(COC)N1CCCC1CN(C)C. The maximum absolute atomic E-state index is 5.37. The van der Waals surface area contributed by atoms with E-state index in [1.807, 2.05) is 0 Å². The fourth-order valence-corrected chi connectivity index (χ4v) is 2.73. The number of methoxy groups -OCH3 is 1. The summed E-state index contributed by atoms with van der Waals surface area (Å²) >= 11 is 0. The quantitative estimate of drug-likeness (QED) is 0.677. The summed E-state index contributed by atoms with van der Waals surface area (Å²) in [6.07, 6.45) is 2.65. The molecule has 0 aromatic carbocycles. The Balaban J connectivity index is 2.51. The van der Waals surface area contributed by atoms with E-state index >= 15 is 0 Å². The molecule has 1 N–H and O–H groups in total. The molecule has 0 aliphatic carbocycles. The van der Waals surface area contributed by atoms with Gasteiger partial charge >= 0.3 is 0 Å². The molecule has 1 rings (SSSR count). The highest BCUT2D eigenvalue weighted by atomic mass is 16.5. The normalized spacial score (nSPS) is 23.5. The smallest absolute Gasteiger partial charge is 0.0630 e. The lowest BCUT2D eigenvalue weighted by atomic mass is 10.1. The molecule has 4 nitrogen and oxygen atoms in total. The first-order valence-corrected chi connectivity index (χ1v) is 6.79. The number of hydrogen-bond acceptors (Lipinski definition) is 4. The predicted octanol–water partition coefficient (Wildman–Crippen LogP) is 0.637. The maximum Gasteiger partial charge on any atom is 0.0630 e. The second-order valence-corrected chi connectivity index (χ2v) is 5.21. The molecule has 0 spiro atoms. The van der Waals surface area contributed by atoms with Crippen molar-refractivity contribution in [3.05, 3.63) is 0 Å². The summed E-state index contributed by atoms with van der Waals surface area (Å²) in [7, 11) is 6.12. The van der Waals surface area contributed by atoms with Gasteiger partial charge in [-0.3, -0.25) is 4.90 Å². The topological polar surface area (TPSA) is 27.7 Å². The van der Waals surface area contributed by atoms with Crippen LogP contribution in [0.25, 0.3) is 0 Å². The molecule has 0 aromatic rings. The summed E-state index contributed by atoms with van der Waals surface area (Å²) in [6, 6.07) is 1.22. The Hall–Kier alpha value is -0.160. The first-order chi connectivity index (χ1) is 8.19. The van der Waals surface area contributed by atoms with E-state index in [0.717, 1.165) is 26.2 Å². The van der Waals surface area contributed by atoms with E-state index in [1.54, 1.807) is 7.11 Å². The molecule has 4 heteroatoms. The largest absolute Gasteiger partial charge is 0.383 e. The molecule has 0 saturated carbocycles. The van der Waals surface area contributed by atoms with Gasteiger partial charge in [-0.25, -0.2) is 0 Å². The van der Waals surface area contributed by atoms with E-state index in [-0.39, 0.29) is 0 Å². The lowest BCUT2D eigenvalue weighted by Gasteiger charge is -2.34. The molecular weight excluding hydrogens is 214 g/mol. The zero-order chi connectivity index (χ0) is 12.7. The van der Waals surface area contributed by atoms with Crippen LogP contribution in [0.1, 0.15) is 19.8 Å². The standard InChI is InChI=1S/C13H29N3O/c1-5-14-9-13(11-17-4)16-8-6-7-12(16)10-15(2)3/h12-14H,5-11H2,1-4H3. The van der Waals surface area contributed by atoms with Crippen molar-refractivity contribution in [3.63, 3.8) is 0 Å². The summed E-state index contributed by atoms with van der Waals surface area (Å²) in [5, 5.41) is 3.45. The van der Waals surface area contributed by atoms with Gasteiger partial charge in [-0.15, -0.1) is 0 Å². The lowest BCUT2D eigenvalue weighted by molar-refractivity contribution is 0.0736. The van der Waals surface area contributed by atoms with E-state index < -0.39 is 0 Å². The number of likely N-dealkylation sites (N-methyl/N-ethyl adjacent to an activating group) is 2. The third-order valence-electron chi connectivity index (χ3n) is 3.46. The summed E-state index contributed by atoms with van der Waals surface area (Å²) in [4.78, 5) is 4.92. The first kappa shape index (κ1) is 14.9. The van der Waals surface area contributed by atoms with Crippen LogP contribution in [0.5, 0.6) is 0 Å². The van der Waals surface area contributed by atoms with Crippen LogP contribution in [0, 0.1) is 0 Å². The Bertz CT molecular complexity index is 199. The molecule has 1 aliphatic heterocycles. The Morgan fingerprint density at radius 3 is 2.82 bits per heavy atom. The number of rotatable bonds is 8. The molecule has 1 aliphatic rings. The average Bonchev–Trinajstić information content (AvgIpc) is 2.71. The predicted molar refractivity (Wildman–Crippen MR) is 72.5 cm³/mol. The van der Waals surface area contributed by atoms with Gasteiger partial charge in [0.25, 0.3) is 0 Å². The van der Waals surface area contributed by atoms with Gasteiger partial charge < -0.3 is 15.0 Å². The first-order valence-electron chi connectivity index (χ1n) is 6.79. The van der Waals surface area contributed by atoms with Crippen molar-refractivity contribution < 1.29 is 4.74 Å². The van der Waals surface area contributed by atoms with Crippen LogP contribution < -0.4 is 5.32 Å². The fraction of sp³-hybridized carbons (Fsp3) is 1.00. The van der Waals surface area contributed by atoms with E-state index in [0.29, 0.717) is 12.1 Å². The van der Waals surface area contributed by atoms with Crippen LogP contribution in [0.4, 0.5) is 0 Å². The van der Waals surface area contributed by atoms with Gasteiger partial charge in [-0.05, 0) is 40.0 Å². The maximum atomic E-state index is 5.37. The molecule has 2 atom stereocenters. The van der Waals surface area contributed by atoms with Crippen molar-refractivity contribution >= 4 is 0 Å². The third-order valence-corrected chi connectivity index (χ3v) is 3.46. The molecule has 1 saturated heterocycles. The Morgan fingerprint density at radius 2 is 2.24 bits per heavy atom. The second kappa shape index (κ2) is 8.03. The number of nitrogens with zero attached hydrogens (tertiary/aromatic N) is 2. The molecule has 0 amide bonds. The monoisotopic (exact) mass is 243 g/mol. The van der Waals surface area contributed by atoms with E-state index in [9.17, 15) is 0 Å². The van der Waals surface area contributed by atoms with Gasteiger partial charge in [-0.1, -0.05) is 6.92 Å². The zero-order valence-electron chi connectivity index (χ0n) is 11.9. The molecular formula is C13H29N3O. The van der Waals surface area contributed by atoms with E-state index in [1.165, 1.54) is 19.4 Å². The molecule has 1 heterocycles. The van der Waals surface area contributed by atoms with E-state index in [2.05, 4.69) is 36.1 Å². The highest BCUT2D eigenvalue weighted by molar-refractivity contribution is 4.87. The van der Waals surface area contributed by atoms with Crippen LogP contribution in [0.15, 0.2) is 0 Å². The lowest BCUT2D eigenvalue weighted by Crippen LogP contribution is -2.50. The number of nitrogens with one attached hydrogen (secondary N) is 1. The zero-order valence-corrected chi connectivity index (χ0v) is 11.9. The Kier molecular flexibility index (Phi) is 7.04. The van der Waals surface area contributed by atoms with Crippen LogP contribution in [0.2, 0.25) is 0 Å². The van der Waals surface area contributed by atoms with Gasteiger partial charge in [0.1, 0.15) is 0 Å². The summed E-state index contributed by atoms with van der Waals surface area (Å²) in [5.41, 5.74) is 0. The summed E-state index contributed by atoms with van der Waals surface area (Å²) < 4.78 is 5.37. The summed E-state index contributed by atoms with van der Waals surface area (Å²) in [5.74, 6) is 0. The highest BCUT2D eigenvalue weighted by Crippen LogP contribution is 2.20. The molecule has 1 fully saturated rings. The van der Waals surface area contributed by atoms with Crippen LogP contribution in [-0.2, 0) is 4.74 Å². The van der Waals surface area contributed by atoms with Crippen molar-refractivity contribution in [1.29, 1.82) is 0 Å². The number of likely N-dealkylation sites (tertiary alicyclic amines) is 1.